The number of nitrogens with zero attached hydrogens (tertiary/aromatic N) is 3. The second-order valence-corrected chi connectivity index (χ2v) is 6.86. The molecule has 2 aromatic carbocycles. The maximum Gasteiger partial charge on any atom is 0.347 e. The molecule has 6 nitrogen and oxygen atoms in total. The number of fused-ring (bicyclic) bond motifs is 3. The second kappa shape index (κ2) is 6.96. The van der Waals surface area contributed by atoms with Crippen molar-refractivity contribution in [2.45, 2.75) is 27.3 Å². The first-order valence-corrected chi connectivity index (χ1v) is 9.24. The first kappa shape index (κ1) is 18.0. The summed E-state index contributed by atoms with van der Waals surface area (Å²) >= 11 is 0. The third-order valence-corrected chi connectivity index (χ3v) is 5.11. The highest BCUT2D eigenvalue weighted by Gasteiger charge is 2.19. The average Bonchev–Trinajstić information content (AvgIpc) is 3.10. The number of aromatic nitrogens is 2. The van der Waals surface area contributed by atoms with Gasteiger partial charge in [-0.05, 0) is 56.2 Å². The van der Waals surface area contributed by atoms with E-state index in [1.807, 2.05) is 57.2 Å². The molecular weight excluding hydrogens is 354 g/mol. The number of carbonyl (C=O) groups is 1. The number of para-hydroxylation sites is 1. The molecule has 0 radical (unpaired) electrons. The van der Waals surface area contributed by atoms with Gasteiger partial charge in [-0.25, -0.2) is 4.79 Å². The fourth-order valence-corrected chi connectivity index (χ4v) is 3.45. The van der Waals surface area contributed by atoms with E-state index in [1.54, 1.807) is 15.6 Å². The molecule has 4 rings (SSSR count). The molecule has 0 bridgehead atoms. The normalized spacial score (nSPS) is 11.2. The van der Waals surface area contributed by atoms with Crippen LogP contribution in [-0.4, -0.2) is 22.2 Å². The van der Waals surface area contributed by atoms with E-state index in [9.17, 15) is 9.59 Å². The Bertz CT molecular complexity index is 1250. The van der Waals surface area contributed by atoms with Gasteiger partial charge in [0.2, 0.25) is 5.91 Å². The topological polar surface area (TPSA) is 68.3 Å². The van der Waals surface area contributed by atoms with Crippen molar-refractivity contribution in [1.82, 2.24) is 9.78 Å². The predicted molar refractivity (Wildman–Crippen MR) is 110 cm³/mol. The molecule has 2 heterocycles. The van der Waals surface area contributed by atoms with Crippen LogP contribution in [0.1, 0.15) is 18.1 Å². The van der Waals surface area contributed by atoms with Gasteiger partial charge in [0.05, 0.1) is 11.7 Å². The Hall–Kier alpha value is -3.41. The molecule has 0 fully saturated rings. The van der Waals surface area contributed by atoms with Crippen LogP contribution in [0.2, 0.25) is 0 Å². The summed E-state index contributed by atoms with van der Waals surface area (Å²) < 4.78 is 6.94. The van der Waals surface area contributed by atoms with E-state index in [4.69, 9.17) is 4.42 Å². The molecule has 142 valence electrons. The van der Waals surface area contributed by atoms with Gasteiger partial charge in [0.1, 0.15) is 17.5 Å². The van der Waals surface area contributed by atoms with E-state index in [0.717, 1.165) is 16.6 Å². The van der Waals surface area contributed by atoms with Crippen LogP contribution in [0.4, 0.5) is 5.69 Å². The van der Waals surface area contributed by atoms with Gasteiger partial charge in [-0.3, -0.25) is 9.48 Å². The highest BCUT2D eigenvalue weighted by molar-refractivity contribution is 6.03. The SMILES string of the molecule is CCN(C(=O)Cn1ncc2c(=O)oc3ccccc3c21)c1ccc(C)c(C)c1. The van der Waals surface area contributed by atoms with Crippen LogP contribution in [0.3, 0.4) is 0 Å². The molecule has 0 aliphatic heterocycles. The molecule has 28 heavy (non-hydrogen) atoms. The Balaban J connectivity index is 1.75. The fraction of sp³-hybridized carbons (Fsp3) is 0.227. The third kappa shape index (κ3) is 2.97. The maximum atomic E-state index is 13.1. The molecule has 4 aromatic rings. The molecule has 1 amide bonds. The minimum atomic E-state index is -0.450. The molecule has 0 saturated heterocycles. The van der Waals surface area contributed by atoms with Crippen molar-refractivity contribution < 1.29 is 9.21 Å². The zero-order valence-corrected chi connectivity index (χ0v) is 16.1. The summed E-state index contributed by atoms with van der Waals surface area (Å²) in [5.74, 6) is -0.0897. The van der Waals surface area contributed by atoms with Crippen molar-refractivity contribution in [2.75, 3.05) is 11.4 Å². The van der Waals surface area contributed by atoms with Crippen LogP contribution >= 0.6 is 0 Å². The van der Waals surface area contributed by atoms with Crippen LogP contribution in [-0.2, 0) is 11.3 Å². The van der Waals surface area contributed by atoms with Crippen LogP contribution in [0.5, 0.6) is 0 Å². The van der Waals surface area contributed by atoms with E-state index >= 15 is 0 Å². The number of benzene rings is 2. The third-order valence-electron chi connectivity index (χ3n) is 5.11. The zero-order valence-electron chi connectivity index (χ0n) is 16.1. The minimum Gasteiger partial charge on any atom is -0.422 e. The number of hydrogen-bond acceptors (Lipinski definition) is 4. The van der Waals surface area contributed by atoms with Crippen LogP contribution < -0.4 is 10.5 Å². The first-order chi connectivity index (χ1) is 13.5. The fourth-order valence-electron chi connectivity index (χ4n) is 3.45. The van der Waals surface area contributed by atoms with Gasteiger partial charge in [0.25, 0.3) is 0 Å². The summed E-state index contributed by atoms with van der Waals surface area (Å²) in [6, 6.07) is 13.3. The Morgan fingerprint density at radius 2 is 1.89 bits per heavy atom. The number of hydrogen-bond donors (Lipinski definition) is 0. The van der Waals surface area contributed by atoms with Gasteiger partial charge in [0, 0.05) is 17.6 Å². The van der Waals surface area contributed by atoms with Gasteiger partial charge in [-0.15, -0.1) is 0 Å². The number of aryl methyl sites for hydroxylation is 2. The number of likely N-dealkylation sites (N-methyl/N-ethyl adjacent to an activating group) is 1. The lowest BCUT2D eigenvalue weighted by Crippen LogP contribution is -2.34. The number of amides is 1. The Morgan fingerprint density at radius 3 is 2.64 bits per heavy atom. The van der Waals surface area contributed by atoms with Crippen LogP contribution in [0.15, 0.2) is 57.9 Å². The van der Waals surface area contributed by atoms with Crippen LogP contribution in [0, 0.1) is 13.8 Å². The van der Waals surface area contributed by atoms with Gasteiger partial charge >= 0.3 is 5.63 Å². The maximum absolute atomic E-state index is 13.1. The quantitative estimate of drug-likeness (QED) is 0.509. The number of carbonyl (C=O) groups excluding carboxylic acids is 1. The lowest BCUT2D eigenvalue weighted by atomic mass is 10.1. The molecule has 2 aromatic heterocycles. The second-order valence-electron chi connectivity index (χ2n) is 6.86. The monoisotopic (exact) mass is 375 g/mol. The van der Waals surface area contributed by atoms with Gasteiger partial charge in [0.15, 0.2) is 0 Å². The molecular formula is C22H21N3O3. The molecule has 0 unspecified atom stereocenters. The van der Waals surface area contributed by atoms with Crippen molar-refractivity contribution in [3.63, 3.8) is 0 Å². The van der Waals surface area contributed by atoms with Crippen molar-refractivity contribution >= 4 is 33.5 Å². The highest BCUT2D eigenvalue weighted by Crippen LogP contribution is 2.23. The summed E-state index contributed by atoms with van der Waals surface area (Å²) in [7, 11) is 0. The zero-order chi connectivity index (χ0) is 19.8. The summed E-state index contributed by atoms with van der Waals surface area (Å²) in [6.07, 6.45) is 1.47. The Kier molecular flexibility index (Phi) is 4.47. The number of anilines is 1. The van der Waals surface area contributed by atoms with Crippen molar-refractivity contribution in [3.05, 3.63) is 70.2 Å². The van der Waals surface area contributed by atoms with Gasteiger partial charge in [-0.1, -0.05) is 18.2 Å². The lowest BCUT2D eigenvalue weighted by molar-refractivity contribution is -0.119. The summed E-state index contributed by atoms with van der Waals surface area (Å²) in [5, 5.41) is 5.43. The van der Waals surface area contributed by atoms with E-state index in [-0.39, 0.29) is 12.5 Å². The van der Waals surface area contributed by atoms with Crippen molar-refractivity contribution in [1.29, 1.82) is 0 Å². The molecule has 0 saturated carbocycles. The molecule has 0 aliphatic carbocycles. The Labute approximate surface area is 162 Å². The van der Waals surface area contributed by atoms with E-state index in [0.29, 0.717) is 23.0 Å². The molecule has 0 N–H and O–H groups in total. The summed E-state index contributed by atoms with van der Waals surface area (Å²) in [5.41, 5.74) is 3.83. The van der Waals surface area contributed by atoms with E-state index < -0.39 is 5.63 Å². The lowest BCUT2D eigenvalue weighted by Gasteiger charge is -2.22. The molecule has 0 aliphatic rings. The molecule has 6 heteroatoms. The summed E-state index contributed by atoms with van der Waals surface area (Å²) in [6.45, 7) is 6.60. The van der Waals surface area contributed by atoms with Gasteiger partial charge < -0.3 is 9.32 Å². The predicted octanol–water partition coefficient (Wildman–Crippen LogP) is 3.81. The Morgan fingerprint density at radius 1 is 1.11 bits per heavy atom. The standard InChI is InChI=1S/C22H21N3O3/c1-4-24(16-10-9-14(2)15(3)11-16)20(26)13-25-21-17-7-5-6-8-19(17)28-22(27)18(21)12-23-25/h5-12H,4,13H2,1-3H3. The smallest absolute Gasteiger partial charge is 0.347 e. The summed E-state index contributed by atoms with van der Waals surface area (Å²) in [4.78, 5) is 27.1. The molecule has 0 spiro atoms. The first-order valence-electron chi connectivity index (χ1n) is 9.24. The number of rotatable bonds is 4. The largest absolute Gasteiger partial charge is 0.422 e. The van der Waals surface area contributed by atoms with E-state index in [1.165, 1.54) is 11.8 Å². The highest BCUT2D eigenvalue weighted by atomic mass is 16.4. The minimum absolute atomic E-state index is 0.0394. The molecule has 0 atom stereocenters. The van der Waals surface area contributed by atoms with Crippen molar-refractivity contribution in [2.24, 2.45) is 0 Å². The average molecular weight is 375 g/mol. The van der Waals surface area contributed by atoms with Crippen molar-refractivity contribution in [3.8, 4) is 0 Å². The van der Waals surface area contributed by atoms with Gasteiger partial charge in [-0.2, -0.15) is 5.10 Å². The van der Waals surface area contributed by atoms with E-state index in [2.05, 4.69) is 5.10 Å². The van der Waals surface area contributed by atoms with Crippen LogP contribution in [0.25, 0.3) is 21.9 Å².